The number of hydrogen-bond acceptors (Lipinski definition) is 5. The first-order valence-electron chi connectivity index (χ1n) is 13.6. The average molecular weight is 525 g/mol. The highest BCUT2D eigenvalue weighted by Gasteiger charge is 2.35. The third-order valence-electron chi connectivity index (χ3n) is 7.55. The number of aromatic nitrogens is 2. The van der Waals surface area contributed by atoms with Crippen molar-refractivity contribution in [1.29, 1.82) is 0 Å². The third-order valence-corrected chi connectivity index (χ3v) is 7.55. The molecular weight excluding hydrogens is 492 g/mol. The summed E-state index contributed by atoms with van der Waals surface area (Å²) in [6, 6.07) is 16.1. The Morgan fingerprint density at radius 1 is 1.00 bits per heavy atom. The van der Waals surface area contributed by atoms with Gasteiger partial charge in [0.05, 0.1) is 6.42 Å². The number of pyridine rings is 1. The number of carbonyl (C=O) groups excluding carboxylic acids is 2. The van der Waals surface area contributed by atoms with E-state index >= 15 is 0 Å². The van der Waals surface area contributed by atoms with Gasteiger partial charge >= 0.3 is 0 Å². The Morgan fingerprint density at radius 2 is 1.82 bits per heavy atom. The van der Waals surface area contributed by atoms with Crippen LogP contribution in [0.15, 0.2) is 73.2 Å². The van der Waals surface area contributed by atoms with Gasteiger partial charge in [-0.15, -0.1) is 0 Å². The Kier molecular flexibility index (Phi) is 7.17. The van der Waals surface area contributed by atoms with E-state index in [1.165, 1.54) is 6.42 Å². The summed E-state index contributed by atoms with van der Waals surface area (Å²) in [5, 5.41) is 4.23. The zero-order valence-corrected chi connectivity index (χ0v) is 21.8. The van der Waals surface area contributed by atoms with Crippen LogP contribution in [-0.2, 0) is 16.0 Å². The van der Waals surface area contributed by atoms with Crippen LogP contribution in [0.3, 0.4) is 0 Å². The molecule has 0 saturated heterocycles. The van der Waals surface area contributed by atoms with Gasteiger partial charge in [0.1, 0.15) is 19.3 Å². The van der Waals surface area contributed by atoms with Crippen molar-refractivity contribution >= 4 is 28.4 Å². The zero-order chi connectivity index (χ0) is 26.6. The van der Waals surface area contributed by atoms with E-state index in [2.05, 4.69) is 15.3 Å². The zero-order valence-electron chi connectivity index (χ0n) is 21.8. The summed E-state index contributed by atoms with van der Waals surface area (Å²) < 4.78 is 11.6. The SMILES string of the molecule is O=C(NC1CCCCC1)C(c1cccnc1)N(C(=O)Cc1c[nH]c2ccccc12)c1ccc2c(c1)OCCO2. The molecule has 1 aliphatic carbocycles. The normalized spacial score (nSPS) is 16.0. The molecule has 1 aliphatic heterocycles. The molecule has 0 radical (unpaired) electrons. The number of nitrogens with one attached hydrogen (secondary N) is 2. The van der Waals surface area contributed by atoms with Crippen LogP contribution in [0, 0.1) is 0 Å². The summed E-state index contributed by atoms with van der Waals surface area (Å²) in [5.74, 6) is 0.765. The second kappa shape index (κ2) is 11.2. The van der Waals surface area contributed by atoms with Crippen LogP contribution in [0.4, 0.5) is 5.69 Å². The van der Waals surface area contributed by atoms with Crippen LogP contribution in [-0.4, -0.2) is 41.0 Å². The van der Waals surface area contributed by atoms with Crippen molar-refractivity contribution in [2.24, 2.45) is 0 Å². The van der Waals surface area contributed by atoms with E-state index in [4.69, 9.17) is 9.47 Å². The molecule has 2 N–H and O–H groups in total. The van der Waals surface area contributed by atoms with E-state index in [9.17, 15) is 9.59 Å². The molecular formula is C31H32N4O4. The van der Waals surface area contributed by atoms with Crippen LogP contribution in [0.1, 0.15) is 49.3 Å². The van der Waals surface area contributed by atoms with Crippen molar-refractivity contribution < 1.29 is 19.1 Å². The maximum Gasteiger partial charge on any atom is 0.248 e. The molecule has 3 heterocycles. The van der Waals surface area contributed by atoms with Gasteiger partial charge in [-0.25, -0.2) is 0 Å². The molecule has 2 aromatic heterocycles. The smallest absolute Gasteiger partial charge is 0.248 e. The second-order valence-electron chi connectivity index (χ2n) is 10.2. The van der Waals surface area contributed by atoms with Crippen LogP contribution in [0.5, 0.6) is 11.5 Å². The number of fused-ring (bicyclic) bond motifs is 2. The molecule has 1 fully saturated rings. The Labute approximate surface area is 227 Å². The number of H-pyrrole nitrogens is 1. The summed E-state index contributed by atoms with van der Waals surface area (Å²) in [4.78, 5) is 37.4. The van der Waals surface area contributed by atoms with Crippen molar-refractivity contribution in [1.82, 2.24) is 15.3 Å². The Hall–Kier alpha value is -4.33. The summed E-state index contributed by atoms with van der Waals surface area (Å²) >= 11 is 0. The van der Waals surface area contributed by atoms with E-state index in [1.807, 2.05) is 42.6 Å². The molecule has 6 rings (SSSR count). The first-order valence-corrected chi connectivity index (χ1v) is 13.6. The van der Waals surface area contributed by atoms with Gasteiger partial charge in [-0.3, -0.25) is 19.5 Å². The number of rotatable bonds is 7. The molecule has 2 aromatic carbocycles. The molecule has 200 valence electrons. The number of ether oxygens (including phenoxy) is 2. The van der Waals surface area contributed by atoms with Gasteiger partial charge in [0, 0.05) is 52.9 Å². The highest BCUT2D eigenvalue weighted by Crippen LogP contribution is 2.37. The highest BCUT2D eigenvalue weighted by molar-refractivity contribution is 6.03. The number of anilines is 1. The van der Waals surface area contributed by atoms with Crippen LogP contribution >= 0.6 is 0 Å². The summed E-state index contributed by atoms with van der Waals surface area (Å²) in [6.45, 7) is 0.894. The number of aromatic amines is 1. The van der Waals surface area contributed by atoms with Gasteiger partial charge in [0.15, 0.2) is 11.5 Å². The largest absolute Gasteiger partial charge is 0.486 e. The topological polar surface area (TPSA) is 96.6 Å². The molecule has 1 atom stereocenters. The second-order valence-corrected chi connectivity index (χ2v) is 10.2. The fourth-order valence-electron chi connectivity index (χ4n) is 5.63. The number of benzene rings is 2. The molecule has 1 unspecified atom stereocenters. The Bertz CT molecular complexity index is 1460. The molecule has 0 bridgehead atoms. The molecule has 8 nitrogen and oxygen atoms in total. The maximum atomic E-state index is 14.3. The number of nitrogens with zero attached hydrogens (tertiary/aromatic N) is 2. The molecule has 2 aliphatic rings. The van der Waals surface area contributed by atoms with Gasteiger partial charge in [-0.05, 0) is 42.7 Å². The monoisotopic (exact) mass is 524 g/mol. The molecule has 0 spiro atoms. The fourth-order valence-corrected chi connectivity index (χ4v) is 5.63. The lowest BCUT2D eigenvalue weighted by Crippen LogP contribution is -2.47. The third kappa shape index (κ3) is 5.32. The van der Waals surface area contributed by atoms with Crippen molar-refractivity contribution in [3.63, 3.8) is 0 Å². The minimum atomic E-state index is -0.902. The quantitative estimate of drug-likeness (QED) is 0.351. The van der Waals surface area contributed by atoms with E-state index < -0.39 is 6.04 Å². The van der Waals surface area contributed by atoms with E-state index in [1.54, 1.807) is 35.5 Å². The molecule has 1 saturated carbocycles. The molecule has 4 aromatic rings. The molecule has 39 heavy (non-hydrogen) atoms. The highest BCUT2D eigenvalue weighted by atomic mass is 16.6. The van der Waals surface area contributed by atoms with Gasteiger partial charge in [0.2, 0.25) is 11.8 Å². The summed E-state index contributed by atoms with van der Waals surface area (Å²) in [5.41, 5.74) is 3.05. The fraction of sp³-hybridized carbons (Fsp3) is 0.323. The predicted molar refractivity (Wildman–Crippen MR) is 149 cm³/mol. The lowest BCUT2D eigenvalue weighted by atomic mass is 9.94. The minimum absolute atomic E-state index is 0.0938. The van der Waals surface area contributed by atoms with Crippen LogP contribution in [0.2, 0.25) is 0 Å². The lowest BCUT2D eigenvalue weighted by molar-refractivity contribution is -0.127. The van der Waals surface area contributed by atoms with Gasteiger partial charge in [0.25, 0.3) is 0 Å². The average Bonchev–Trinajstić information content (AvgIpc) is 3.39. The number of carbonyl (C=O) groups is 2. The van der Waals surface area contributed by atoms with E-state index in [0.717, 1.165) is 42.1 Å². The van der Waals surface area contributed by atoms with Crippen molar-refractivity contribution in [2.45, 2.75) is 50.6 Å². The molecule has 8 heteroatoms. The summed E-state index contributed by atoms with van der Waals surface area (Å²) in [6.07, 6.45) is 10.6. The van der Waals surface area contributed by atoms with Crippen LogP contribution in [0.25, 0.3) is 10.9 Å². The van der Waals surface area contributed by atoms with Crippen molar-refractivity contribution in [3.8, 4) is 11.5 Å². The lowest BCUT2D eigenvalue weighted by Gasteiger charge is -2.34. The first kappa shape index (κ1) is 25.0. The first-order chi connectivity index (χ1) is 19.2. The van der Waals surface area contributed by atoms with E-state index in [0.29, 0.717) is 36.0 Å². The minimum Gasteiger partial charge on any atom is -0.486 e. The van der Waals surface area contributed by atoms with Crippen LogP contribution < -0.4 is 19.7 Å². The molecule has 2 amide bonds. The summed E-state index contributed by atoms with van der Waals surface area (Å²) in [7, 11) is 0. The van der Waals surface area contributed by atoms with Crippen molar-refractivity contribution in [3.05, 3.63) is 84.3 Å². The van der Waals surface area contributed by atoms with Crippen molar-refractivity contribution in [2.75, 3.05) is 18.1 Å². The Balaban J connectivity index is 1.41. The predicted octanol–water partition coefficient (Wildman–Crippen LogP) is 5.10. The van der Waals surface area contributed by atoms with E-state index in [-0.39, 0.29) is 24.3 Å². The number of amides is 2. The van der Waals surface area contributed by atoms with Gasteiger partial charge in [-0.2, -0.15) is 0 Å². The standard InChI is InChI=1S/C31H32N4O4/c36-29(17-22-20-33-26-11-5-4-10-25(22)26)35(24-12-13-27-28(18-24)39-16-15-38-27)30(21-7-6-14-32-19-21)31(37)34-23-8-2-1-3-9-23/h4-7,10-14,18-20,23,30,33H,1-3,8-9,15-17H2,(H,34,37). The number of hydrogen-bond donors (Lipinski definition) is 2. The Morgan fingerprint density at radius 3 is 2.64 bits per heavy atom. The maximum absolute atomic E-state index is 14.3. The van der Waals surface area contributed by atoms with Gasteiger partial charge < -0.3 is 19.8 Å². The number of para-hydroxylation sites is 1. The van der Waals surface area contributed by atoms with Gasteiger partial charge in [-0.1, -0.05) is 43.5 Å².